The van der Waals surface area contributed by atoms with Crippen LogP contribution in [0.4, 0.5) is 18.9 Å². The number of hydrogen-bond acceptors (Lipinski definition) is 5. The fourth-order valence-electron chi connectivity index (χ4n) is 3.72. The van der Waals surface area contributed by atoms with Gasteiger partial charge in [-0.1, -0.05) is 24.6 Å². The van der Waals surface area contributed by atoms with E-state index in [1.54, 1.807) is 12.1 Å². The minimum absolute atomic E-state index is 0.0513. The molecule has 1 amide bonds. The van der Waals surface area contributed by atoms with E-state index in [1.807, 2.05) is 20.8 Å². The van der Waals surface area contributed by atoms with Gasteiger partial charge in [-0.3, -0.25) is 9.78 Å². The van der Waals surface area contributed by atoms with Crippen LogP contribution in [0.15, 0.2) is 36.5 Å². The summed E-state index contributed by atoms with van der Waals surface area (Å²) in [5.41, 5.74) is 0.764. The Morgan fingerprint density at radius 1 is 1.38 bits per heavy atom. The minimum atomic E-state index is -4.83. The first kappa shape index (κ1) is 24.3. The van der Waals surface area contributed by atoms with E-state index in [0.717, 1.165) is 12.1 Å². The zero-order valence-electron chi connectivity index (χ0n) is 17.7. The third kappa shape index (κ3) is 5.90. The molecule has 2 N–H and O–H groups in total. The van der Waals surface area contributed by atoms with E-state index in [1.165, 1.54) is 12.3 Å². The first-order valence-corrected chi connectivity index (χ1v) is 10.4. The highest BCUT2D eigenvalue weighted by atomic mass is 35.5. The maximum atomic E-state index is 13.0. The minimum Gasteiger partial charge on any atom is -0.406 e. The number of carbonyl (C=O) groups is 1. The van der Waals surface area contributed by atoms with Gasteiger partial charge >= 0.3 is 6.36 Å². The second-order valence-electron chi connectivity index (χ2n) is 8.22. The fraction of sp³-hybridized carbons (Fsp3) is 0.455. The summed E-state index contributed by atoms with van der Waals surface area (Å²) in [4.78, 5) is 17.2. The van der Waals surface area contributed by atoms with E-state index in [-0.39, 0.29) is 5.02 Å². The van der Waals surface area contributed by atoms with Gasteiger partial charge in [0.25, 0.3) is 5.91 Å². The second kappa shape index (κ2) is 9.25. The predicted molar refractivity (Wildman–Crippen MR) is 113 cm³/mol. The summed E-state index contributed by atoms with van der Waals surface area (Å²) in [5.74, 6) is -1.35. The number of hydrogen-bond donors (Lipinski definition) is 2. The molecule has 2 aromatic rings. The van der Waals surface area contributed by atoms with Crippen molar-refractivity contribution < 1.29 is 32.5 Å². The van der Waals surface area contributed by atoms with E-state index in [0.29, 0.717) is 29.8 Å². The Morgan fingerprint density at radius 2 is 2.09 bits per heavy atom. The molecule has 0 bridgehead atoms. The summed E-state index contributed by atoms with van der Waals surface area (Å²) in [5, 5.41) is 12.6. The lowest BCUT2D eigenvalue weighted by atomic mass is 9.87. The van der Waals surface area contributed by atoms with Crippen LogP contribution in [0.1, 0.15) is 56.9 Å². The van der Waals surface area contributed by atoms with Crippen LogP contribution in [-0.4, -0.2) is 34.1 Å². The number of alkyl halides is 3. The largest absolute Gasteiger partial charge is 0.573 e. The summed E-state index contributed by atoms with van der Waals surface area (Å²) in [6.07, 6.45) is -4.05. The van der Waals surface area contributed by atoms with Gasteiger partial charge in [0.15, 0.2) is 0 Å². The van der Waals surface area contributed by atoms with Crippen molar-refractivity contribution in [3.63, 3.8) is 0 Å². The highest BCUT2D eigenvalue weighted by Crippen LogP contribution is 2.44. The van der Waals surface area contributed by atoms with Crippen molar-refractivity contribution in [3.8, 4) is 5.75 Å². The third-order valence-corrected chi connectivity index (χ3v) is 5.50. The SMILES string of the molecule is CC[C@H](O)c1ccc(NC(=O)[C@H]2OC(C)(C)C[C@@H]2c2ccc(OC(F)(F)F)cc2Cl)cn1. The molecule has 6 nitrogen and oxygen atoms in total. The highest BCUT2D eigenvalue weighted by Gasteiger charge is 2.45. The summed E-state index contributed by atoms with van der Waals surface area (Å²) in [7, 11) is 0. The highest BCUT2D eigenvalue weighted by molar-refractivity contribution is 6.31. The molecule has 32 heavy (non-hydrogen) atoms. The van der Waals surface area contributed by atoms with Crippen LogP contribution in [0.3, 0.4) is 0 Å². The Kier molecular flexibility index (Phi) is 7.02. The van der Waals surface area contributed by atoms with Crippen LogP contribution in [0.2, 0.25) is 5.02 Å². The number of nitrogens with one attached hydrogen (secondary N) is 1. The summed E-state index contributed by atoms with van der Waals surface area (Å²) in [6, 6.07) is 6.91. The van der Waals surface area contributed by atoms with Crippen molar-refractivity contribution in [3.05, 3.63) is 52.8 Å². The average Bonchev–Trinajstić information content (AvgIpc) is 3.02. The van der Waals surface area contributed by atoms with E-state index in [9.17, 15) is 23.1 Å². The van der Waals surface area contributed by atoms with Crippen LogP contribution in [0.5, 0.6) is 5.75 Å². The fourth-order valence-corrected chi connectivity index (χ4v) is 4.04. The van der Waals surface area contributed by atoms with Gasteiger partial charge in [0, 0.05) is 10.9 Å². The first-order chi connectivity index (χ1) is 14.9. The van der Waals surface area contributed by atoms with Crippen molar-refractivity contribution in [2.45, 2.75) is 63.7 Å². The lowest BCUT2D eigenvalue weighted by Crippen LogP contribution is -2.33. The second-order valence-corrected chi connectivity index (χ2v) is 8.63. The Bertz CT molecular complexity index is 967. The first-order valence-electron chi connectivity index (χ1n) is 10.1. The van der Waals surface area contributed by atoms with E-state index >= 15 is 0 Å². The molecule has 3 rings (SSSR count). The quantitative estimate of drug-likeness (QED) is 0.591. The van der Waals surface area contributed by atoms with Gasteiger partial charge in [0.2, 0.25) is 0 Å². The van der Waals surface area contributed by atoms with Gasteiger partial charge in [-0.15, -0.1) is 13.2 Å². The standard InChI is InChI=1S/C22H24ClF3N2O4/c1-4-18(29)17-8-5-12(11-27-17)28-20(30)19-15(10-21(2,3)32-19)14-7-6-13(9-16(14)23)31-22(24,25)26/h5-9,11,15,18-19,29H,4,10H2,1-3H3,(H,28,30)/t15-,18+,19+/m1/s1. The molecule has 1 aromatic carbocycles. The number of aliphatic hydroxyl groups is 1. The van der Waals surface area contributed by atoms with Gasteiger partial charge in [-0.2, -0.15) is 0 Å². The number of amides is 1. The topological polar surface area (TPSA) is 80.7 Å². The number of anilines is 1. The Balaban J connectivity index is 1.80. The molecule has 1 fully saturated rings. The van der Waals surface area contributed by atoms with Crippen LogP contribution < -0.4 is 10.1 Å². The summed E-state index contributed by atoms with van der Waals surface area (Å²) in [6.45, 7) is 5.48. The van der Waals surface area contributed by atoms with Crippen molar-refractivity contribution >= 4 is 23.2 Å². The smallest absolute Gasteiger partial charge is 0.406 e. The van der Waals surface area contributed by atoms with Gasteiger partial charge in [-0.25, -0.2) is 0 Å². The zero-order chi connectivity index (χ0) is 23.7. The van der Waals surface area contributed by atoms with Crippen LogP contribution in [0.25, 0.3) is 0 Å². The van der Waals surface area contributed by atoms with Crippen molar-refractivity contribution in [2.75, 3.05) is 5.32 Å². The maximum absolute atomic E-state index is 13.0. The normalized spacial score (nSPS) is 21.2. The molecule has 1 aliphatic heterocycles. The number of aromatic nitrogens is 1. The Labute approximate surface area is 188 Å². The van der Waals surface area contributed by atoms with E-state index < -0.39 is 41.7 Å². The number of rotatable bonds is 6. The zero-order valence-corrected chi connectivity index (χ0v) is 18.5. The molecule has 0 unspecified atom stereocenters. The predicted octanol–water partition coefficient (Wildman–Crippen LogP) is 5.37. The Hall–Kier alpha value is -2.36. The number of ether oxygens (including phenoxy) is 2. The van der Waals surface area contributed by atoms with E-state index in [2.05, 4.69) is 15.0 Å². The van der Waals surface area contributed by atoms with Crippen LogP contribution >= 0.6 is 11.6 Å². The summed E-state index contributed by atoms with van der Waals surface area (Å²) < 4.78 is 47.3. The van der Waals surface area contributed by atoms with Gasteiger partial charge < -0.3 is 19.9 Å². The van der Waals surface area contributed by atoms with Crippen LogP contribution in [-0.2, 0) is 9.53 Å². The van der Waals surface area contributed by atoms with Gasteiger partial charge in [0.1, 0.15) is 11.9 Å². The molecule has 0 radical (unpaired) electrons. The molecular formula is C22H24ClF3N2O4. The number of benzene rings is 1. The molecule has 1 aliphatic rings. The van der Waals surface area contributed by atoms with Gasteiger partial charge in [0.05, 0.1) is 29.3 Å². The number of aliphatic hydroxyl groups excluding tert-OH is 1. The van der Waals surface area contributed by atoms with Crippen molar-refractivity contribution in [2.24, 2.45) is 0 Å². The third-order valence-electron chi connectivity index (χ3n) is 5.17. The molecular weight excluding hydrogens is 449 g/mol. The van der Waals surface area contributed by atoms with Gasteiger partial charge in [-0.05, 0) is 56.5 Å². The number of nitrogens with zero attached hydrogens (tertiary/aromatic N) is 1. The molecule has 1 saturated heterocycles. The number of halogens is 4. The Morgan fingerprint density at radius 3 is 2.66 bits per heavy atom. The monoisotopic (exact) mass is 472 g/mol. The van der Waals surface area contributed by atoms with Crippen molar-refractivity contribution in [1.82, 2.24) is 4.98 Å². The molecule has 0 spiro atoms. The lowest BCUT2D eigenvalue weighted by molar-refractivity contribution is -0.274. The molecule has 10 heteroatoms. The van der Waals surface area contributed by atoms with E-state index in [4.69, 9.17) is 16.3 Å². The molecule has 1 aromatic heterocycles. The molecule has 3 atom stereocenters. The molecule has 2 heterocycles. The maximum Gasteiger partial charge on any atom is 0.573 e. The lowest BCUT2D eigenvalue weighted by Gasteiger charge is -2.20. The molecule has 0 aliphatic carbocycles. The summed E-state index contributed by atoms with van der Waals surface area (Å²) >= 11 is 6.25. The average molecular weight is 473 g/mol. The number of pyridine rings is 1. The molecule has 0 saturated carbocycles. The van der Waals surface area contributed by atoms with Crippen molar-refractivity contribution in [1.29, 1.82) is 0 Å². The molecule has 174 valence electrons. The number of carbonyl (C=O) groups excluding carboxylic acids is 1. The van der Waals surface area contributed by atoms with Crippen LogP contribution in [0, 0.1) is 0 Å².